The van der Waals surface area contributed by atoms with Gasteiger partial charge in [-0.3, -0.25) is 4.79 Å². The third-order valence-corrected chi connectivity index (χ3v) is 4.18. The summed E-state index contributed by atoms with van der Waals surface area (Å²) in [6.45, 7) is 2.61. The van der Waals surface area contributed by atoms with Crippen LogP contribution in [0.5, 0.6) is 0 Å². The first-order chi connectivity index (χ1) is 12.6. The molecule has 0 radical (unpaired) electrons. The van der Waals surface area contributed by atoms with Gasteiger partial charge < -0.3 is 21.1 Å². The minimum atomic E-state index is -0.548. The number of hydrogen-bond acceptors (Lipinski definition) is 5. The summed E-state index contributed by atoms with van der Waals surface area (Å²) in [5.74, 6) is 0.613. The fourth-order valence-corrected chi connectivity index (χ4v) is 2.83. The van der Waals surface area contributed by atoms with Gasteiger partial charge in [0.2, 0.25) is 0 Å². The van der Waals surface area contributed by atoms with E-state index in [1.165, 1.54) is 0 Å². The van der Waals surface area contributed by atoms with Crippen LogP contribution in [-0.4, -0.2) is 38.6 Å². The van der Waals surface area contributed by atoms with Gasteiger partial charge in [-0.15, -0.1) is 0 Å². The van der Waals surface area contributed by atoms with E-state index in [0.717, 1.165) is 18.4 Å². The van der Waals surface area contributed by atoms with Crippen molar-refractivity contribution in [2.24, 2.45) is 5.73 Å². The number of amides is 1. The Morgan fingerprint density at radius 3 is 2.73 bits per heavy atom. The largest absolute Gasteiger partial charge is 0.393 e. The molecule has 7 nitrogen and oxygen atoms in total. The number of aliphatic hydroxyl groups is 1. The number of carbonyl (C=O) groups excluding carboxylic acids is 1. The maximum Gasteiger partial charge on any atom is 0.265 e. The Morgan fingerprint density at radius 2 is 2.04 bits per heavy atom. The van der Waals surface area contributed by atoms with Crippen LogP contribution in [0.2, 0.25) is 0 Å². The number of aromatic nitrogens is 3. The zero-order valence-electron chi connectivity index (χ0n) is 14.7. The first-order valence-corrected chi connectivity index (χ1v) is 8.76. The Balaban J connectivity index is 1.94. The molecule has 2 aromatic heterocycles. The highest BCUT2D eigenvalue weighted by Crippen LogP contribution is 2.25. The predicted octanol–water partition coefficient (Wildman–Crippen LogP) is 2.69. The first-order valence-electron chi connectivity index (χ1n) is 8.76. The van der Waals surface area contributed by atoms with Crippen LogP contribution in [0.3, 0.4) is 0 Å². The van der Waals surface area contributed by atoms with Gasteiger partial charge in [0.05, 0.1) is 11.5 Å². The molecule has 7 heteroatoms. The van der Waals surface area contributed by atoms with Gasteiger partial charge in [0, 0.05) is 12.1 Å². The van der Waals surface area contributed by atoms with Gasteiger partial charge in [0.1, 0.15) is 17.2 Å². The van der Waals surface area contributed by atoms with Crippen LogP contribution in [0.25, 0.3) is 22.4 Å². The van der Waals surface area contributed by atoms with Crippen molar-refractivity contribution in [3.05, 3.63) is 42.1 Å². The second-order valence-electron chi connectivity index (χ2n) is 6.23. The SMILES string of the molecule is CCC[C@H](O)CCNc1nc(-c2ccccc2)nc2[nH]c(C(N)=O)cc12. The maximum atomic E-state index is 11.5. The number of benzene rings is 1. The summed E-state index contributed by atoms with van der Waals surface area (Å²) in [4.78, 5) is 23.6. The lowest BCUT2D eigenvalue weighted by Gasteiger charge is -2.12. The number of rotatable bonds is 8. The lowest BCUT2D eigenvalue weighted by Crippen LogP contribution is -2.14. The van der Waals surface area contributed by atoms with Crippen LogP contribution in [0, 0.1) is 0 Å². The van der Waals surface area contributed by atoms with E-state index in [4.69, 9.17) is 5.73 Å². The minimum Gasteiger partial charge on any atom is -0.393 e. The smallest absolute Gasteiger partial charge is 0.265 e. The van der Waals surface area contributed by atoms with Crippen molar-refractivity contribution in [2.75, 3.05) is 11.9 Å². The Kier molecular flexibility index (Phi) is 5.48. The Morgan fingerprint density at radius 1 is 1.27 bits per heavy atom. The number of H-pyrrole nitrogens is 1. The predicted molar refractivity (Wildman–Crippen MR) is 102 cm³/mol. The number of hydrogen-bond donors (Lipinski definition) is 4. The topological polar surface area (TPSA) is 117 Å². The number of anilines is 1. The monoisotopic (exact) mass is 353 g/mol. The summed E-state index contributed by atoms with van der Waals surface area (Å²) in [5, 5.41) is 13.9. The number of aromatic amines is 1. The number of carbonyl (C=O) groups is 1. The molecule has 2 heterocycles. The molecule has 3 aromatic rings. The summed E-state index contributed by atoms with van der Waals surface area (Å²) >= 11 is 0. The highest BCUT2D eigenvalue weighted by Gasteiger charge is 2.14. The summed E-state index contributed by atoms with van der Waals surface area (Å²) in [7, 11) is 0. The number of aliphatic hydroxyl groups excluding tert-OH is 1. The van der Waals surface area contributed by atoms with Gasteiger partial charge in [-0.25, -0.2) is 9.97 Å². The number of nitrogens with two attached hydrogens (primary N) is 1. The first kappa shape index (κ1) is 17.9. The van der Waals surface area contributed by atoms with Gasteiger partial charge in [-0.2, -0.15) is 0 Å². The standard InChI is InChI=1S/C19H23N5O2/c1-2-6-13(25)9-10-21-18-14-11-15(16(20)26)22-19(14)24-17(23-18)12-7-4-3-5-8-12/h3-5,7-8,11,13,25H,2,6,9-10H2,1H3,(H2,20,26)(H2,21,22,23,24)/t13-/m0/s1. The number of fused-ring (bicyclic) bond motifs is 1. The molecule has 0 bridgehead atoms. The second-order valence-corrected chi connectivity index (χ2v) is 6.23. The molecule has 5 N–H and O–H groups in total. The van der Waals surface area contributed by atoms with Crippen LogP contribution < -0.4 is 11.1 Å². The molecule has 136 valence electrons. The maximum absolute atomic E-state index is 11.5. The molecule has 0 aliphatic heterocycles. The summed E-state index contributed by atoms with van der Waals surface area (Å²) in [5.41, 5.74) is 7.08. The summed E-state index contributed by atoms with van der Waals surface area (Å²) in [6.07, 6.45) is 1.99. The molecule has 0 saturated carbocycles. The van der Waals surface area contributed by atoms with Crippen LogP contribution in [-0.2, 0) is 0 Å². The molecule has 3 rings (SSSR count). The van der Waals surface area contributed by atoms with Crippen molar-refractivity contribution in [1.29, 1.82) is 0 Å². The van der Waals surface area contributed by atoms with E-state index < -0.39 is 5.91 Å². The highest BCUT2D eigenvalue weighted by atomic mass is 16.3. The molecule has 0 saturated heterocycles. The van der Waals surface area contributed by atoms with Crippen molar-refractivity contribution in [3.63, 3.8) is 0 Å². The summed E-state index contributed by atoms with van der Waals surface area (Å²) in [6, 6.07) is 11.3. The number of primary amides is 1. The fraction of sp³-hybridized carbons (Fsp3) is 0.316. The van der Waals surface area contributed by atoms with Crippen molar-refractivity contribution < 1.29 is 9.90 Å². The lowest BCUT2D eigenvalue weighted by atomic mass is 10.1. The normalized spacial score (nSPS) is 12.2. The second kappa shape index (κ2) is 7.97. The number of nitrogens with one attached hydrogen (secondary N) is 2. The molecule has 0 aliphatic rings. The van der Waals surface area contributed by atoms with Crippen LogP contribution in [0.15, 0.2) is 36.4 Å². The Labute approximate surface area is 151 Å². The van der Waals surface area contributed by atoms with E-state index in [-0.39, 0.29) is 11.8 Å². The van der Waals surface area contributed by atoms with E-state index in [1.807, 2.05) is 37.3 Å². The van der Waals surface area contributed by atoms with Crippen LogP contribution >= 0.6 is 0 Å². The van der Waals surface area contributed by atoms with Crippen molar-refractivity contribution in [1.82, 2.24) is 15.0 Å². The molecule has 26 heavy (non-hydrogen) atoms. The molecule has 1 atom stereocenters. The molecule has 0 spiro atoms. The van der Waals surface area contributed by atoms with Crippen LogP contribution in [0.1, 0.15) is 36.7 Å². The molecule has 1 aromatic carbocycles. The Bertz CT molecular complexity index is 892. The van der Waals surface area contributed by atoms with Gasteiger partial charge in [-0.05, 0) is 18.9 Å². The van der Waals surface area contributed by atoms with Gasteiger partial charge >= 0.3 is 0 Å². The molecule has 0 fully saturated rings. The van der Waals surface area contributed by atoms with Gasteiger partial charge in [0.15, 0.2) is 5.82 Å². The average Bonchev–Trinajstić information content (AvgIpc) is 3.07. The highest BCUT2D eigenvalue weighted by molar-refractivity contribution is 5.99. The zero-order chi connectivity index (χ0) is 18.5. The van der Waals surface area contributed by atoms with E-state index in [1.54, 1.807) is 6.07 Å². The third kappa shape index (κ3) is 4.00. The molecule has 0 unspecified atom stereocenters. The van der Waals surface area contributed by atoms with Crippen molar-refractivity contribution >= 4 is 22.8 Å². The van der Waals surface area contributed by atoms with E-state index >= 15 is 0 Å². The zero-order valence-corrected chi connectivity index (χ0v) is 14.7. The van der Waals surface area contributed by atoms with Crippen LogP contribution in [0.4, 0.5) is 5.82 Å². The average molecular weight is 353 g/mol. The minimum absolute atomic E-state index is 0.286. The molecular weight excluding hydrogens is 330 g/mol. The quantitative estimate of drug-likeness (QED) is 0.497. The van der Waals surface area contributed by atoms with E-state index in [2.05, 4.69) is 20.3 Å². The Hall–Kier alpha value is -2.93. The lowest BCUT2D eigenvalue weighted by molar-refractivity contribution is 0.0996. The number of nitrogens with zero attached hydrogens (tertiary/aromatic N) is 2. The van der Waals surface area contributed by atoms with Gasteiger partial charge in [0.25, 0.3) is 5.91 Å². The van der Waals surface area contributed by atoms with Gasteiger partial charge in [-0.1, -0.05) is 43.7 Å². The molecule has 0 aliphatic carbocycles. The van der Waals surface area contributed by atoms with Crippen molar-refractivity contribution in [2.45, 2.75) is 32.3 Å². The third-order valence-electron chi connectivity index (χ3n) is 4.18. The molecule has 1 amide bonds. The fourth-order valence-electron chi connectivity index (χ4n) is 2.83. The summed E-state index contributed by atoms with van der Waals surface area (Å²) < 4.78 is 0. The van der Waals surface area contributed by atoms with E-state index in [0.29, 0.717) is 35.6 Å². The van der Waals surface area contributed by atoms with Crippen molar-refractivity contribution in [3.8, 4) is 11.4 Å². The van der Waals surface area contributed by atoms with E-state index in [9.17, 15) is 9.90 Å². The molecular formula is C19H23N5O2.